The molecule has 0 aromatic rings. The zero-order chi connectivity index (χ0) is 67.7. The molecular formula is C60H107N9O23. The first-order valence-electron chi connectivity index (χ1n) is 32.0. The molecule has 92 heavy (non-hydrogen) atoms. The lowest BCUT2D eigenvalue weighted by molar-refractivity contribution is -0.265. The second-order valence-corrected chi connectivity index (χ2v) is 23.5. The van der Waals surface area contributed by atoms with Gasteiger partial charge < -0.3 is 116 Å². The lowest BCUT2D eigenvalue weighted by Gasteiger charge is -2.40. The van der Waals surface area contributed by atoms with Crippen LogP contribution in [0, 0.1) is 11.3 Å². The number of hydrogen-bond acceptors (Lipinski definition) is 26. The molecule has 530 valence electrons. The van der Waals surface area contributed by atoms with E-state index in [4.69, 9.17) is 37.9 Å². The van der Waals surface area contributed by atoms with Crippen LogP contribution in [0.2, 0.25) is 0 Å². The summed E-state index contributed by atoms with van der Waals surface area (Å²) in [5, 5.41) is 106. The molecule has 0 aromatic heterocycles. The molecule has 0 aromatic carbocycles. The molecule has 2 heterocycles. The number of nitrogens with one attached hydrogen (secondary N) is 6. The Labute approximate surface area is 538 Å². The number of aliphatic hydroxyl groups excluding tert-OH is 9. The summed E-state index contributed by atoms with van der Waals surface area (Å²) in [5.74, 6) is -1.83. The van der Waals surface area contributed by atoms with E-state index < -0.39 is 110 Å². The van der Waals surface area contributed by atoms with Gasteiger partial charge in [0, 0.05) is 116 Å². The maximum atomic E-state index is 12.7. The zero-order valence-corrected chi connectivity index (χ0v) is 53.4. The van der Waals surface area contributed by atoms with E-state index in [0.29, 0.717) is 110 Å². The summed E-state index contributed by atoms with van der Waals surface area (Å²) in [7, 11) is 0. The molecule has 15 unspecified atom stereocenters. The predicted octanol–water partition coefficient (Wildman–Crippen LogP) is -4.17. The van der Waals surface area contributed by atoms with E-state index in [-0.39, 0.29) is 133 Å². The van der Waals surface area contributed by atoms with Crippen LogP contribution in [0.15, 0.2) is 15.0 Å². The van der Waals surface area contributed by atoms with Gasteiger partial charge in [0.05, 0.1) is 65.1 Å². The van der Waals surface area contributed by atoms with Gasteiger partial charge in [-0.15, -0.1) is 0 Å². The van der Waals surface area contributed by atoms with Gasteiger partial charge in [-0.25, -0.2) is 0 Å². The van der Waals surface area contributed by atoms with Crippen LogP contribution in [0.25, 0.3) is 0 Å². The average molecular weight is 1320 g/mol. The lowest BCUT2D eigenvalue weighted by atomic mass is 9.80. The minimum atomic E-state index is -1.34. The first kappa shape index (κ1) is 81.4. The van der Waals surface area contributed by atoms with Gasteiger partial charge in [-0.2, -0.15) is 0 Å². The van der Waals surface area contributed by atoms with Crippen molar-refractivity contribution in [1.29, 1.82) is 0 Å². The highest BCUT2D eigenvalue weighted by Gasteiger charge is 2.46. The van der Waals surface area contributed by atoms with Crippen LogP contribution < -0.4 is 31.9 Å². The van der Waals surface area contributed by atoms with Crippen LogP contribution in [-0.2, 0) is 66.7 Å². The lowest BCUT2D eigenvalue weighted by Crippen LogP contribution is -2.58. The van der Waals surface area contributed by atoms with Crippen molar-refractivity contribution in [1.82, 2.24) is 31.9 Å². The molecule has 0 spiro atoms. The molecule has 32 nitrogen and oxygen atoms in total. The van der Waals surface area contributed by atoms with Gasteiger partial charge in [0.1, 0.15) is 60.9 Å². The Morgan fingerprint density at radius 2 is 0.728 bits per heavy atom. The van der Waals surface area contributed by atoms with Gasteiger partial charge in [-0.3, -0.25) is 43.7 Å². The summed E-state index contributed by atoms with van der Waals surface area (Å²) in [4.78, 5) is 86.6. The molecule has 3 fully saturated rings. The van der Waals surface area contributed by atoms with Crippen LogP contribution in [0.3, 0.4) is 0 Å². The van der Waals surface area contributed by atoms with Crippen LogP contribution in [-0.4, -0.2) is 306 Å². The highest BCUT2D eigenvalue weighted by Crippen LogP contribution is 2.30. The third-order valence-corrected chi connectivity index (χ3v) is 15.7. The van der Waals surface area contributed by atoms with Gasteiger partial charge in [0.15, 0.2) is 12.6 Å². The van der Waals surface area contributed by atoms with E-state index in [0.717, 1.165) is 0 Å². The molecule has 15 atom stereocenters. The first-order chi connectivity index (χ1) is 44.3. The van der Waals surface area contributed by atoms with Crippen LogP contribution in [0.1, 0.15) is 110 Å². The van der Waals surface area contributed by atoms with Crippen molar-refractivity contribution in [2.75, 3.05) is 119 Å². The Hall–Kier alpha value is -4.85. The standard InChI is InChI=1S/C60H107N9O23/c1-60(36-85-29-17-46(76)67-23-11-20-64-43(73)14-5-8-26-88-40-32-39(33-70)52(79)55(82)49(40)61-2,37-86-30-18-47(77)68-24-12-21-65-44(74)15-6-9-27-89-58-50(62-3)56(83)53(80)41(34-71)91-58)38-87-31-19-48(78)69-25-13-22-66-45(75)16-7-10-28-90-59-51(63-4)57(84)54(81)42(35-72)92-59/h39-42,49-59,70-72,79-84H,2-38H2,1H3,(H,64,73)(H,65,74)(H,66,75)(H,67,76)(H,68,77)(H,69,78). The molecule has 1 aliphatic carbocycles. The molecule has 2 saturated heterocycles. The molecule has 32 heteroatoms. The number of aliphatic imine (C=N–C) groups is 3. The maximum Gasteiger partial charge on any atom is 0.222 e. The van der Waals surface area contributed by atoms with Crippen molar-refractivity contribution in [3.05, 3.63) is 0 Å². The summed E-state index contributed by atoms with van der Waals surface area (Å²) in [6, 6.07) is -2.60. The average Bonchev–Trinajstić information content (AvgIpc) is 0.874. The highest BCUT2D eigenvalue weighted by atomic mass is 16.7. The predicted molar refractivity (Wildman–Crippen MR) is 332 cm³/mol. The fourth-order valence-electron chi connectivity index (χ4n) is 10.2. The molecule has 6 amide bonds. The minimum Gasteiger partial charge on any atom is -0.396 e. The summed E-state index contributed by atoms with van der Waals surface area (Å²) in [6.45, 7) is 14.0. The van der Waals surface area contributed by atoms with Crippen molar-refractivity contribution in [2.24, 2.45) is 26.3 Å². The van der Waals surface area contributed by atoms with E-state index in [9.17, 15) is 74.7 Å². The fraction of sp³-hybridized carbons (Fsp3) is 0.850. The quantitative estimate of drug-likeness (QED) is 0.0203. The number of carbonyl (C=O) groups is 6. The third kappa shape index (κ3) is 31.1. The fourth-order valence-corrected chi connectivity index (χ4v) is 10.2. The van der Waals surface area contributed by atoms with E-state index in [1.165, 1.54) is 0 Å². The van der Waals surface area contributed by atoms with Gasteiger partial charge >= 0.3 is 0 Å². The Morgan fingerprint density at radius 1 is 0.413 bits per heavy atom. The van der Waals surface area contributed by atoms with Gasteiger partial charge in [0.2, 0.25) is 35.4 Å². The maximum absolute atomic E-state index is 12.7. The Morgan fingerprint density at radius 3 is 1.04 bits per heavy atom. The van der Waals surface area contributed by atoms with Crippen LogP contribution in [0.5, 0.6) is 0 Å². The summed E-state index contributed by atoms with van der Waals surface area (Å²) in [6.07, 6.45) is -6.55. The number of carbonyl (C=O) groups excluding carboxylic acids is 6. The topological polar surface area (TPSA) is 468 Å². The summed E-state index contributed by atoms with van der Waals surface area (Å²) >= 11 is 0. The van der Waals surface area contributed by atoms with Gasteiger partial charge in [0.25, 0.3) is 0 Å². The van der Waals surface area contributed by atoms with Gasteiger partial charge in [-0.1, -0.05) is 6.92 Å². The van der Waals surface area contributed by atoms with Crippen molar-refractivity contribution >= 4 is 55.6 Å². The Bertz CT molecular complexity index is 1920. The van der Waals surface area contributed by atoms with Gasteiger partial charge in [-0.05, 0) is 84.4 Å². The number of aliphatic hydroxyl groups is 9. The van der Waals surface area contributed by atoms with E-state index >= 15 is 0 Å². The van der Waals surface area contributed by atoms with Crippen molar-refractivity contribution in [2.45, 2.75) is 195 Å². The minimum absolute atomic E-state index is 0.0459. The van der Waals surface area contributed by atoms with Crippen molar-refractivity contribution in [3.8, 4) is 0 Å². The number of unbranched alkanes of at least 4 members (excludes halogenated alkanes) is 3. The van der Waals surface area contributed by atoms with E-state index in [1.54, 1.807) is 0 Å². The molecule has 0 radical (unpaired) electrons. The zero-order valence-electron chi connectivity index (χ0n) is 53.4. The van der Waals surface area contributed by atoms with Crippen molar-refractivity contribution in [3.63, 3.8) is 0 Å². The third-order valence-electron chi connectivity index (χ3n) is 15.7. The normalized spacial score (nSPS) is 27.0. The first-order valence-corrected chi connectivity index (χ1v) is 32.0. The SMILES string of the molecule is C=NC1C(OCCCCC(=O)NCCCNC(=O)CCOCC(C)(COCCC(=O)NCCCNC(=O)CCCCOC2OC(CO)C(O)C(O)C2N=C)COCCC(=O)NCCCNC(=O)CCCCOC2OC(CO)C(O)C(O)C2N=C)CC(CO)C(O)C1O. The second-order valence-electron chi connectivity index (χ2n) is 23.5. The van der Waals surface area contributed by atoms with Crippen molar-refractivity contribution < 1.29 is 113 Å². The molecule has 2 aliphatic heterocycles. The smallest absolute Gasteiger partial charge is 0.222 e. The monoisotopic (exact) mass is 1320 g/mol. The molecule has 3 aliphatic rings. The molecular weight excluding hydrogens is 1210 g/mol. The second kappa shape index (κ2) is 47.1. The Kier molecular flexibility index (Phi) is 41.7. The molecule has 1 saturated carbocycles. The molecule has 0 bridgehead atoms. The van der Waals surface area contributed by atoms with E-state index in [1.807, 2.05) is 6.92 Å². The molecule has 3 rings (SSSR count). The van der Waals surface area contributed by atoms with Crippen LogP contribution in [0.4, 0.5) is 0 Å². The highest BCUT2D eigenvalue weighted by molar-refractivity contribution is 5.78. The number of nitrogens with zero attached hydrogens (tertiary/aromatic N) is 3. The number of hydrogen-bond donors (Lipinski definition) is 15. The number of ether oxygens (including phenoxy) is 8. The summed E-state index contributed by atoms with van der Waals surface area (Å²) in [5.41, 5.74) is -0.758. The largest absolute Gasteiger partial charge is 0.396 e. The van der Waals surface area contributed by atoms with Crippen LogP contribution >= 0.6 is 0 Å². The number of amides is 6. The number of rotatable bonds is 51. The molecule has 15 N–H and O–H groups in total. The van der Waals surface area contributed by atoms with E-state index in [2.05, 4.69) is 67.0 Å². The Balaban J connectivity index is 1.31. The summed E-state index contributed by atoms with van der Waals surface area (Å²) < 4.78 is 46.0.